The summed E-state index contributed by atoms with van der Waals surface area (Å²) in [6.07, 6.45) is 1.86. The summed E-state index contributed by atoms with van der Waals surface area (Å²) in [4.78, 5) is 24.3. The van der Waals surface area contributed by atoms with E-state index in [1.165, 1.54) is 0 Å². The Kier molecular flexibility index (Phi) is 7.49. The summed E-state index contributed by atoms with van der Waals surface area (Å²) < 4.78 is 0. The molecule has 0 radical (unpaired) electrons. The first-order valence-corrected chi connectivity index (χ1v) is 9.25. The lowest BCUT2D eigenvalue weighted by molar-refractivity contribution is -0.116. The molecule has 26 heavy (non-hydrogen) atoms. The third-order valence-corrected chi connectivity index (χ3v) is 4.29. The van der Waals surface area contributed by atoms with Crippen molar-refractivity contribution >= 4 is 40.7 Å². The highest BCUT2D eigenvalue weighted by Crippen LogP contribution is 2.23. The maximum absolute atomic E-state index is 12.2. The molecule has 138 valence electrons. The molecule has 0 spiro atoms. The van der Waals surface area contributed by atoms with Crippen LogP contribution in [0, 0.1) is 0 Å². The third kappa shape index (κ3) is 6.36. The molecule has 0 atom stereocenters. The van der Waals surface area contributed by atoms with E-state index in [-0.39, 0.29) is 17.9 Å². The zero-order valence-electron chi connectivity index (χ0n) is 14.8. The van der Waals surface area contributed by atoms with Crippen LogP contribution in [-0.2, 0) is 11.2 Å². The predicted octanol–water partition coefficient (Wildman–Crippen LogP) is 5.09. The smallest absolute Gasteiger partial charge is 0.251 e. The Balaban J connectivity index is 1.91. The van der Waals surface area contributed by atoms with Crippen LogP contribution in [0.4, 0.5) is 5.69 Å². The Morgan fingerprint density at radius 2 is 1.73 bits per heavy atom. The standard InChI is InChI=1S/C20H22Cl2N2O2/c1-13(2)23-20(26)15-8-11-17(22)18(12-15)24-19(25)5-3-4-14-6-9-16(21)10-7-14/h6-13H,3-5H2,1-2H3,(H,23,26)(H,24,25). The molecule has 2 N–H and O–H groups in total. The molecule has 6 heteroatoms. The number of amides is 2. The van der Waals surface area contributed by atoms with Gasteiger partial charge in [-0.15, -0.1) is 0 Å². The average Bonchev–Trinajstić information content (AvgIpc) is 2.58. The SMILES string of the molecule is CC(C)NC(=O)c1ccc(Cl)c(NC(=O)CCCc2ccc(Cl)cc2)c1. The summed E-state index contributed by atoms with van der Waals surface area (Å²) >= 11 is 12.0. The zero-order chi connectivity index (χ0) is 19.1. The van der Waals surface area contributed by atoms with Gasteiger partial charge in [0.25, 0.3) is 5.91 Å². The molecule has 0 bridgehead atoms. The summed E-state index contributed by atoms with van der Waals surface area (Å²) in [5.41, 5.74) is 2.03. The van der Waals surface area contributed by atoms with Crippen molar-refractivity contribution in [3.63, 3.8) is 0 Å². The fourth-order valence-corrected chi connectivity index (χ4v) is 2.72. The minimum absolute atomic E-state index is 0.0316. The molecule has 0 fully saturated rings. The van der Waals surface area contributed by atoms with Crippen molar-refractivity contribution < 1.29 is 9.59 Å². The lowest BCUT2D eigenvalue weighted by atomic mass is 10.1. The van der Waals surface area contributed by atoms with E-state index in [0.29, 0.717) is 34.1 Å². The van der Waals surface area contributed by atoms with E-state index in [0.717, 1.165) is 12.0 Å². The van der Waals surface area contributed by atoms with Gasteiger partial charge in [0.1, 0.15) is 0 Å². The van der Waals surface area contributed by atoms with Crippen LogP contribution >= 0.6 is 23.2 Å². The summed E-state index contributed by atoms with van der Waals surface area (Å²) in [6, 6.07) is 12.5. The number of hydrogen-bond donors (Lipinski definition) is 2. The van der Waals surface area contributed by atoms with Crippen LogP contribution in [0.5, 0.6) is 0 Å². The van der Waals surface area contributed by atoms with Crippen molar-refractivity contribution in [1.29, 1.82) is 0 Å². The Bertz CT molecular complexity index is 774. The third-order valence-electron chi connectivity index (χ3n) is 3.70. The number of anilines is 1. The summed E-state index contributed by atoms with van der Waals surface area (Å²) in [5, 5.41) is 6.69. The van der Waals surface area contributed by atoms with Gasteiger partial charge in [0.15, 0.2) is 0 Å². The highest BCUT2D eigenvalue weighted by atomic mass is 35.5. The van der Waals surface area contributed by atoms with Crippen molar-refractivity contribution in [1.82, 2.24) is 5.32 Å². The number of hydrogen-bond acceptors (Lipinski definition) is 2. The molecule has 2 amide bonds. The molecule has 2 aromatic carbocycles. The van der Waals surface area contributed by atoms with Gasteiger partial charge in [-0.2, -0.15) is 0 Å². The fraction of sp³-hybridized carbons (Fsp3) is 0.300. The largest absolute Gasteiger partial charge is 0.350 e. The number of carbonyl (C=O) groups is 2. The molecule has 0 aromatic heterocycles. The van der Waals surface area contributed by atoms with Gasteiger partial charge in [0.05, 0.1) is 10.7 Å². The molecule has 0 aliphatic heterocycles. The van der Waals surface area contributed by atoms with Gasteiger partial charge in [0.2, 0.25) is 5.91 Å². The van der Waals surface area contributed by atoms with Crippen molar-refractivity contribution in [2.24, 2.45) is 0 Å². The molecule has 0 heterocycles. The molecular weight excluding hydrogens is 371 g/mol. The van der Waals surface area contributed by atoms with Gasteiger partial charge in [0, 0.05) is 23.0 Å². The molecule has 2 aromatic rings. The Labute approximate surface area is 163 Å². The molecule has 0 aliphatic carbocycles. The minimum atomic E-state index is -0.199. The van der Waals surface area contributed by atoms with Crippen molar-refractivity contribution in [2.45, 2.75) is 39.2 Å². The molecular formula is C20H22Cl2N2O2. The first-order chi connectivity index (χ1) is 12.3. The summed E-state index contributed by atoms with van der Waals surface area (Å²) in [7, 11) is 0. The van der Waals surface area contributed by atoms with E-state index < -0.39 is 0 Å². The first-order valence-electron chi connectivity index (χ1n) is 8.50. The van der Waals surface area contributed by atoms with Gasteiger partial charge < -0.3 is 10.6 Å². The highest BCUT2D eigenvalue weighted by Gasteiger charge is 2.12. The monoisotopic (exact) mass is 392 g/mol. The van der Waals surface area contributed by atoms with Gasteiger partial charge in [-0.05, 0) is 62.6 Å². The molecule has 4 nitrogen and oxygen atoms in total. The van der Waals surface area contributed by atoms with E-state index in [9.17, 15) is 9.59 Å². The summed E-state index contributed by atoms with van der Waals surface area (Å²) in [5.74, 6) is -0.336. The first kappa shape index (κ1) is 20.3. The van der Waals surface area contributed by atoms with E-state index in [4.69, 9.17) is 23.2 Å². The van der Waals surface area contributed by atoms with Crippen molar-refractivity contribution in [3.8, 4) is 0 Å². The van der Waals surface area contributed by atoms with Crippen molar-refractivity contribution in [3.05, 3.63) is 63.6 Å². The van der Waals surface area contributed by atoms with Gasteiger partial charge in [-0.3, -0.25) is 9.59 Å². The molecule has 0 saturated carbocycles. The Hall–Kier alpha value is -2.04. The van der Waals surface area contributed by atoms with Gasteiger partial charge >= 0.3 is 0 Å². The average molecular weight is 393 g/mol. The van der Waals surface area contributed by atoms with E-state index in [2.05, 4.69) is 10.6 Å². The van der Waals surface area contributed by atoms with Crippen LogP contribution in [0.3, 0.4) is 0 Å². The maximum Gasteiger partial charge on any atom is 0.251 e. The van der Waals surface area contributed by atoms with Crippen LogP contribution in [0.1, 0.15) is 42.6 Å². The Morgan fingerprint density at radius 3 is 2.38 bits per heavy atom. The topological polar surface area (TPSA) is 58.2 Å². The number of nitrogens with one attached hydrogen (secondary N) is 2. The number of aryl methyl sites for hydroxylation is 1. The predicted molar refractivity (Wildman–Crippen MR) is 107 cm³/mol. The lowest BCUT2D eigenvalue weighted by Crippen LogP contribution is -2.30. The second-order valence-corrected chi connectivity index (χ2v) is 7.19. The quantitative estimate of drug-likeness (QED) is 0.688. The number of carbonyl (C=O) groups excluding carboxylic acids is 2. The number of rotatable bonds is 7. The second-order valence-electron chi connectivity index (χ2n) is 6.35. The fourth-order valence-electron chi connectivity index (χ4n) is 2.42. The van der Waals surface area contributed by atoms with E-state index >= 15 is 0 Å². The van der Waals surface area contributed by atoms with Crippen LogP contribution in [-0.4, -0.2) is 17.9 Å². The molecule has 2 rings (SSSR count). The van der Waals surface area contributed by atoms with Gasteiger partial charge in [-0.25, -0.2) is 0 Å². The van der Waals surface area contributed by atoms with Crippen LogP contribution in [0.2, 0.25) is 10.0 Å². The van der Waals surface area contributed by atoms with Gasteiger partial charge in [-0.1, -0.05) is 35.3 Å². The normalized spacial score (nSPS) is 10.7. The maximum atomic E-state index is 12.2. The van der Waals surface area contributed by atoms with Crippen LogP contribution in [0.15, 0.2) is 42.5 Å². The van der Waals surface area contributed by atoms with Crippen LogP contribution in [0.25, 0.3) is 0 Å². The zero-order valence-corrected chi connectivity index (χ0v) is 16.3. The van der Waals surface area contributed by atoms with Crippen molar-refractivity contribution in [2.75, 3.05) is 5.32 Å². The second kappa shape index (κ2) is 9.60. The molecule has 0 saturated heterocycles. The molecule has 0 unspecified atom stereocenters. The van der Waals surface area contributed by atoms with E-state index in [1.54, 1.807) is 18.2 Å². The highest BCUT2D eigenvalue weighted by molar-refractivity contribution is 6.34. The van der Waals surface area contributed by atoms with E-state index in [1.807, 2.05) is 38.1 Å². The number of benzene rings is 2. The lowest BCUT2D eigenvalue weighted by Gasteiger charge is -2.11. The molecule has 0 aliphatic rings. The minimum Gasteiger partial charge on any atom is -0.350 e. The number of halogens is 2. The summed E-state index contributed by atoms with van der Waals surface area (Å²) in [6.45, 7) is 3.77. The van der Waals surface area contributed by atoms with Crippen LogP contribution < -0.4 is 10.6 Å². The Morgan fingerprint density at radius 1 is 1.04 bits per heavy atom.